The summed E-state index contributed by atoms with van der Waals surface area (Å²) in [5, 5.41) is 29.7. The van der Waals surface area contributed by atoms with Gasteiger partial charge in [-0.1, -0.05) is 0 Å². The molecule has 0 saturated carbocycles. The summed E-state index contributed by atoms with van der Waals surface area (Å²) in [5.41, 5.74) is 12.0. The van der Waals surface area contributed by atoms with Crippen molar-refractivity contribution in [3.05, 3.63) is 79.8 Å². The Hall–Kier alpha value is -4.32. The van der Waals surface area contributed by atoms with E-state index in [0.717, 1.165) is 18.2 Å². The summed E-state index contributed by atoms with van der Waals surface area (Å²) in [6, 6.07) is 3.57. The number of benzene rings is 2. The Morgan fingerprint density at radius 1 is 0.912 bits per heavy atom. The summed E-state index contributed by atoms with van der Waals surface area (Å²) in [5.74, 6) is -1.30. The number of nitrogen functional groups attached to an aromatic ring is 1. The number of H-pyrrole nitrogens is 2. The molecular weight excluding hydrogens is 594 g/mol. The quantitative estimate of drug-likeness (QED) is 0.142. The van der Waals surface area contributed by atoms with Crippen molar-refractivity contribution in [2.24, 2.45) is 11.5 Å². The van der Waals surface area contributed by atoms with Gasteiger partial charge in [0.25, 0.3) is 16.9 Å². The molecule has 0 unspecified atom stereocenters. The SMILES string of the molecule is NC(N)=O.Nc1c(Br)cc([N+](=O)[O-])cc1C(=O)O.O=c1[nH]c(=O)c2cc([N+](=O)[O-])cc(Br)c2[nH]1. The Morgan fingerprint density at radius 3 is 1.85 bits per heavy atom. The molecule has 2 aromatic carbocycles. The lowest BCUT2D eigenvalue weighted by Gasteiger charge is -2.02. The average molecular weight is 607 g/mol. The number of hydrogen-bond acceptors (Lipinski definition) is 9. The number of nitrogens with zero attached hydrogens (tertiary/aromatic N) is 2. The van der Waals surface area contributed by atoms with Crippen molar-refractivity contribution in [1.29, 1.82) is 0 Å². The molecule has 0 aliphatic carbocycles. The zero-order valence-electron chi connectivity index (χ0n) is 16.4. The number of hydrogen-bond donors (Lipinski definition) is 6. The second kappa shape index (κ2) is 11.5. The Bertz CT molecular complexity index is 1410. The maximum atomic E-state index is 11.4. The predicted octanol–water partition coefficient (Wildman–Crippen LogP) is 1.55. The number of nitrogens with two attached hydrogens (primary N) is 3. The standard InChI is InChI=1S/C8H4BrN3O4.C7H5BrN2O4.CH4N2O/c9-5-2-3(12(15)16)1-4-6(5)10-8(14)11-7(4)13;8-5-2-3(10(13)14)1-4(6(5)9)7(11)12;2-1(3)4/h1-2H,(H2,10,11,13,14);1-2H,9H2,(H,11,12);(H4,2,3,4). The van der Waals surface area contributed by atoms with E-state index in [1.165, 1.54) is 6.07 Å². The first kappa shape index (κ1) is 27.7. The first-order valence-corrected chi connectivity index (χ1v) is 9.86. The number of aromatic amines is 2. The van der Waals surface area contributed by atoms with Gasteiger partial charge in [-0.15, -0.1) is 0 Å². The number of aromatic carboxylic acids is 1. The molecule has 0 fully saturated rings. The van der Waals surface area contributed by atoms with E-state index in [9.17, 15) is 34.6 Å². The molecule has 0 bridgehead atoms. The van der Waals surface area contributed by atoms with E-state index in [2.05, 4.69) is 48.3 Å². The van der Waals surface area contributed by atoms with Gasteiger partial charge in [-0.3, -0.25) is 30.0 Å². The van der Waals surface area contributed by atoms with Crippen molar-refractivity contribution >= 4 is 71.8 Å². The fourth-order valence-electron chi connectivity index (χ4n) is 2.21. The highest BCUT2D eigenvalue weighted by molar-refractivity contribution is 9.11. The molecule has 0 aliphatic rings. The van der Waals surface area contributed by atoms with Crippen LogP contribution in [0.25, 0.3) is 10.9 Å². The topological polar surface area (TPSA) is 284 Å². The summed E-state index contributed by atoms with van der Waals surface area (Å²) in [4.78, 5) is 66.1. The van der Waals surface area contributed by atoms with E-state index in [4.69, 9.17) is 15.6 Å². The average Bonchev–Trinajstić information content (AvgIpc) is 2.70. The number of fused-ring (bicyclic) bond motifs is 1. The number of carboxylic acid groups (broad SMARTS) is 1. The summed E-state index contributed by atoms with van der Waals surface area (Å²) in [7, 11) is 0. The van der Waals surface area contributed by atoms with Crippen LogP contribution in [0.5, 0.6) is 0 Å². The third-order valence-electron chi connectivity index (χ3n) is 3.55. The van der Waals surface area contributed by atoms with Gasteiger partial charge in [-0.05, 0) is 31.9 Å². The number of nitro groups is 2. The zero-order chi connectivity index (χ0) is 26.3. The lowest BCUT2D eigenvalue weighted by molar-refractivity contribution is -0.385. The molecular formula is C16H13Br2N7O9. The van der Waals surface area contributed by atoms with Crippen molar-refractivity contribution in [2.45, 2.75) is 0 Å². The molecule has 1 heterocycles. The highest BCUT2D eigenvalue weighted by Gasteiger charge is 2.17. The Morgan fingerprint density at radius 2 is 1.38 bits per heavy atom. The van der Waals surface area contributed by atoms with Crippen LogP contribution >= 0.6 is 31.9 Å². The van der Waals surface area contributed by atoms with Crippen LogP contribution in [0.2, 0.25) is 0 Å². The van der Waals surface area contributed by atoms with E-state index in [0.29, 0.717) is 4.47 Å². The van der Waals surface area contributed by atoms with E-state index < -0.39 is 33.1 Å². The fraction of sp³-hybridized carbons (Fsp3) is 0. The first-order valence-electron chi connectivity index (χ1n) is 8.27. The summed E-state index contributed by atoms with van der Waals surface area (Å²) in [6.07, 6.45) is 0. The number of rotatable bonds is 3. The number of carbonyl (C=O) groups is 2. The maximum Gasteiger partial charge on any atom is 0.338 e. The minimum absolute atomic E-state index is 0.0249. The minimum Gasteiger partial charge on any atom is -0.478 e. The molecule has 0 radical (unpaired) electrons. The number of nitro benzene ring substituents is 2. The van der Waals surface area contributed by atoms with Gasteiger partial charge in [0.15, 0.2) is 0 Å². The number of halogens is 2. The molecule has 180 valence electrons. The van der Waals surface area contributed by atoms with Crippen LogP contribution in [0.4, 0.5) is 21.9 Å². The summed E-state index contributed by atoms with van der Waals surface area (Å²) >= 11 is 6.00. The van der Waals surface area contributed by atoms with Crippen molar-refractivity contribution in [2.75, 3.05) is 5.73 Å². The lowest BCUT2D eigenvalue weighted by Crippen LogP contribution is -2.22. The predicted molar refractivity (Wildman–Crippen MR) is 125 cm³/mol. The molecule has 3 rings (SSSR count). The third kappa shape index (κ3) is 7.38. The van der Waals surface area contributed by atoms with Gasteiger partial charge >= 0.3 is 17.7 Å². The largest absolute Gasteiger partial charge is 0.478 e. The molecule has 34 heavy (non-hydrogen) atoms. The molecule has 9 N–H and O–H groups in total. The van der Waals surface area contributed by atoms with Gasteiger partial charge in [0.1, 0.15) is 0 Å². The van der Waals surface area contributed by atoms with Crippen LogP contribution in [0.15, 0.2) is 42.8 Å². The number of nitrogens with one attached hydrogen (secondary N) is 2. The van der Waals surface area contributed by atoms with E-state index in [1.807, 2.05) is 4.98 Å². The van der Waals surface area contributed by atoms with E-state index in [1.54, 1.807) is 0 Å². The Kier molecular flexibility index (Phi) is 9.39. The number of anilines is 1. The van der Waals surface area contributed by atoms with Gasteiger partial charge < -0.3 is 27.3 Å². The second-order valence-corrected chi connectivity index (χ2v) is 7.58. The number of carbonyl (C=O) groups excluding carboxylic acids is 1. The third-order valence-corrected chi connectivity index (χ3v) is 4.83. The van der Waals surface area contributed by atoms with Crippen LogP contribution < -0.4 is 28.5 Å². The van der Waals surface area contributed by atoms with E-state index >= 15 is 0 Å². The smallest absolute Gasteiger partial charge is 0.338 e. The molecule has 0 atom stereocenters. The van der Waals surface area contributed by atoms with Gasteiger partial charge in [-0.25, -0.2) is 14.4 Å². The molecule has 18 heteroatoms. The fourth-order valence-corrected chi connectivity index (χ4v) is 3.20. The molecule has 2 amide bonds. The number of carboxylic acids is 1. The molecule has 16 nitrogen and oxygen atoms in total. The Labute approximate surface area is 203 Å². The number of aromatic nitrogens is 2. The van der Waals surface area contributed by atoms with Crippen molar-refractivity contribution in [1.82, 2.24) is 9.97 Å². The molecule has 0 aliphatic heterocycles. The number of amides is 2. The van der Waals surface area contributed by atoms with Crippen LogP contribution in [0, 0.1) is 20.2 Å². The number of urea groups is 1. The van der Waals surface area contributed by atoms with Crippen molar-refractivity contribution in [3.8, 4) is 0 Å². The van der Waals surface area contributed by atoms with Gasteiger partial charge in [0, 0.05) is 33.2 Å². The summed E-state index contributed by atoms with van der Waals surface area (Å²) in [6.45, 7) is 0. The highest BCUT2D eigenvalue weighted by Crippen LogP contribution is 2.29. The molecule has 3 aromatic rings. The van der Waals surface area contributed by atoms with Crippen LogP contribution in [-0.2, 0) is 0 Å². The van der Waals surface area contributed by atoms with Crippen molar-refractivity contribution in [3.63, 3.8) is 0 Å². The van der Waals surface area contributed by atoms with Crippen LogP contribution in [-0.4, -0.2) is 36.9 Å². The monoisotopic (exact) mass is 605 g/mol. The van der Waals surface area contributed by atoms with Gasteiger partial charge in [-0.2, -0.15) is 0 Å². The van der Waals surface area contributed by atoms with Crippen molar-refractivity contribution < 1.29 is 24.5 Å². The lowest BCUT2D eigenvalue weighted by atomic mass is 10.1. The molecule has 0 spiro atoms. The maximum absolute atomic E-state index is 11.4. The zero-order valence-corrected chi connectivity index (χ0v) is 19.6. The highest BCUT2D eigenvalue weighted by atomic mass is 79.9. The number of non-ortho nitro benzene ring substituents is 2. The minimum atomic E-state index is -1.30. The van der Waals surface area contributed by atoms with Crippen LogP contribution in [0.1, 0.15) is 10.4 Å². The molecule has 0 saturated heterocycles. The molecule has 1 aromatic heterocycles. The first-order chi connectivity index (χ1) is 15.6. The second-order valence-electron chi connectivity index (χ2n) is 5.87. The number of primary amides is 2. The summed E-state index contributed by atoms with van der Waals surface area (Å²) < 4.78 is 0.490. The van der Waals surface area contributed by atoms with Crippen LogP contribution in [0.3, 0.4) is 0 Å². The van der Waals surface area contributed by atoms with Gasteiger partial charge in [0.05, 0.1) is 32.0 Å². The van der Waals surface area contributed by atoms with Gasteiger partial charge in [0.2, 0.25) is 0 Å². The normalized spacial score (nSPS) is 9.71. The van der Waals surface area contributed by atoms with E-state index in [-0.39, 0.29) is 38.0 Å². The Balaban J connectivity index is 0.000000297.